The van der Waals surface area contributed by atoms with Gasteiger partial charge in [-0.2, -0.15) is 0 Å². The largest absolute Gasteiger partial charge is 0.494 e. The van der Waals surface area contributed by atoms with E-state index in [0.717, 1.165) is 5.56 Å². The lowest BCUT2D eigenvalue weighted by Gasteiger charge is -2.19. The number of aliphatic hydroxyl groups excluding tert-OH is 1. The smallest absolute Gasteiger partial charge is 0.243 e. The van der Waals surface area contributed by atoms with E-state index in [1.165, 1.54) is 32.6 Å². The summed E-state index contributed by atoms with van der Waals surface area (Å²) in [5.41, 5.74) is 1.88. The third kappa shape index (κ3) is 4.92. The summed E-state index contributed by atoms with van der Waals surface area (Å²) < 4.78 is 41.0. The lowest BCUT2D eigenvalue weighted by atomic mass is 10.2. The number of pyridine rings is 1. The van der Waals surface area contributed by atoms with Crippen molar-refractivity contribution in [3.05, 3.63) is 42.2 Å². The second-order valence-electron chi connectivity index (χ2n) is 7.14. The first-order chi connectivity index (χ1) is 15.7. The van der Waals surface area contributed by atoms with E-state index in [0.29, 0.717) is 28.6 Å². The predicted molar refractivity (Wildman–Crippen MR) is 124 cm³/mol. The normalized spacial score (nSPS) is 12.9. The highest BCUT2D eigenvalue weighted by Gasteiger charge is 2.31. The molecular formula is C22H25N5O5S. The van der Waals surface area contributed by atoms with Crippen LogP contribution in [0.5, 0.6) is 11.5 Å². The number of benzene rings is 1. The molecule has 2 heterocycles. The molecule has 2 aromatic heterocycles. The molecule has 0 saturated heterocycles. The van der Waals surface area contributed by atoms with Gasteiger partial charge in [0.15, 0.2) is 5.82 Å². The summed E-state index contributed by atoms with van der Waals surface area (Å²) in [4.78, 5) is 4.21. The molecular weight excluding hydrogens is 446 g/mol. The zero-order valence-electron chi connectivity index (χ0n) is 18.9. The zero-order valence-corrected chi connectivity index (χ0v) is 19.7. The molecule has 10 nitrogen and oxygen atoms in total. The molecule has 0 unspecified atom stereocenters. The summed E-state index contributed by atoms with van der Waals surface area (Å²) in [7, 11) is -1.13. The summed E-state index contributed by atoms with van der Waals surface area (Å²) in [6, 6.07) is 7.00. The summed E-state index contributed by atoms with van der Waals surface area (Å²) in [5.74, 6) is 5.98. The van der Waals surface area contributed by atoms with Crippen molar-refractivity contribution in [1.82, 2.24) is 19.7 Å². The Morgan fingerprint density at radius 1 is 1.15 bits per heavy atom. The summed E-state index contributed by atoms with van der Waals surface area (Å²) in [5, 5.41) is 17.2. The number of nitrogens with one attached hydrogen (secondary N) is 1. The molecule has 2 N–H and O–H groups in total. The minimum Gasteiger partial charge on any atom is -0.494 e. The van der Waals surface area contributed by atoms with Gasteiger partial charge in [0.2, 0.25) is 16.0 Å². The number of ether oxygens (including phenoxy) is 2. The van der Waals surface area contributed by atoms with E-state index in [1.54, 1.807) is 30.6 Å². The third-order valence-corrected chi connectivity index (χ3v) is 6.59. The molecule has 1 aromatic carbocycles. The molecule has 0 amide bonds. The molecule has 0 aliphatic heterocycles. The van der Waals surface area contributed by atoms with E-state index < -0.39 is 21.4 Å². The van der Waals surface area contributed by atoms with Crippen LogP contribution in [-0.2, 0) is 10.0 Å². The van der Waals surface area contributed by atoms with E-state index in [1.807, 2.05) is 13.0 Å². The third-order valence-electron chi connectivity index (χ3n) is 4.88. The predicted octanol–water partition coefficient (Wildman–Crippen LogP) is 2.17. The molecule has 0 aliphatic carbocycles. The number of sulfonamides is 1. The van der Waals surface area contributed by atoms with Crippen LogP contribution in [-0.4, -0.2) is 58.8 Å². The Morgan fingerprint density at radius 2 is 1.82 bits per heavy atom. The number of hydrogen-bond donors (Lipinski definition) is 2. The van der Waals surface area contributed by atoms with Crippen LogP contribution >= 0.6 is 0 Å². The number of anilines is 1. The van der Waals surface area contributed by atoms with Crippen molar-refractivity contribution in [3.8, 4) is 40.4 Å². The van der Waals surface area contributed by atoms with Gasteiger partial charge in [0.1, 0.15) is 28.5 Å². The second-order valence-corrected chi connectivity index (χ2v) is 9.17. The average Bonchev–Trinajstić information content (AvgIpc) is 3.20. The SMILES string of the molecule is CC#C[C@@H](O)[C@H](C)S(=O)(=O)Nc1nnc(-c2cncc(C)c2)n1-c1c(OC)cccc1OC. The highest BCUT2D eigenvalue weighted by molar-refractivity contribution is 7.93. The van der Waals surface area contributed by atoms with Crippen molar-refractivity contribution in [2.45, 2.75) is 32.1 Å². The molecule has 0 radical (unpaired) electrons. The van der Waals surface area contributed by atoms with Gasteiger partial charge in [0, 0.05) is 18.0 Å². The Morgan fingerprint density at radius 3 is 2.39 bits per heavy atom. The van der Waals surface area contributed by atoms with Gasteiger partial charge in [-0.25, -0.2) is 8.42 Å². The maximum absolute atomic E-state index is 13.0. The molecule has 174 valence electrons. The van der Waals surface area contributed by atoms with Crippen molar-refractivity contribution < 1.29 is 23.0 Å². The maximum Gasteiger partial charge on any atom is 0.243 e. The van der Waals surface area contributed by atoms with Crippen LogP contribution in [0.25, 0.3) is 17.1 Å². The number of rotatable bonds is 8. The Hall–Kier alpha value is -3.62. The van der Waals surface area contributed by atoms with Crippen molar-refractivity contribution in [2.24, 2.45) is 0 Å². The van der Waals surface area contributed by atoms with Gasteiger partial charge in [0.25, 0.3) is 0 Å². The van der Waals surface area contributed by atoms with Crippen molar-refractivity contribution in [2.75, 3.05) is 18.9 Å². The molecule has 3 rings (SSSR count). The summed E-state index contributed by atoms with van der Waals surface area (Å²) >= 11 is 0. The van der Waals surface area contributed by atoms with Crippen LogP contribution in [0.1, 0.15) is 19.4 Å². The summed E-state index contributed by atoms with van der Waals surface area (Å²) in [6.45, 7) is 4.75. The van der Waals surface area contributed by atoms with Crippen LogP contribution in [0.3, 0.4) is 0 Å². The quantitative estimate of drug-likeness (QED) is 0.479. The van der Waals surface area contributed by atoms with Crippen LogP contribution < -0.4 is 14.2 Å². The fraction of sp³-hybridized carbons (Fsp3) is 0.318. The van der Waals surface area contributed by atoms with Crippen molar-refractivity contribution in [1.29, 1.82) is 0 Å². The Balaban J connectivity index is 2.25. The number of aryl methyl sites for hydroxylation is 1. The van der Waals surface area contributed by atoms with E-state index >= 15 is 0 Å². The first kappa shape index (κ1) is 24.0. The molecule has 0 aliphatic rings. The second kappa shape index (κ2) is 9.89. The molecule has 11 heteroatoms. The molecule has 0 bridgehead atoms. The maximum atomic E-state index is 13.0. The van der Waals surface area contributed by atoms with E-state index in [4.69, 9.17) is 9.47 Å². The Labute approximate surface area is 192 Å². The first-order valence-corrected chi connectivity index (χ1v) is 11.5. The van der Waals surface area contributed by atoms with Gasteiger partial charge in [-0.3, -0.25) is 14.3 Å². The van der Waals surface area contributed by atoms with Gasteiger partial charge in [-0.1, -0.05) is 12.0 Å². The lowest BCUT2D eigenvalue weighted by molar-refractivity contribution is 0.230. The van der Waals surface area contributed by atoms with Gasteiger partial charge < -0.3 is 14.6 Å². The van der Waals surface area contributed by atoms with Gasteiger partial charge in [0.05, 0.1) is 14.2 Å². The number of nitrogens with zero attached hydrogens (tertiary/aromatic N) is 4. The zero-order chi connectivity index (χ0) is 24.2. The Bertz CT molecular complexity index is 1290. The molecule has 0 saturated carbocycles. The lowest BCUT2D eigenvalue weighted by Crippen LogP contribution is -2.35. The number of methoxy groups -OCH3 is 2. The van der Waals surface area contributed by atoms with Gasteiger partial charge in [-0.15, -0.1) is 16.1 Å². The fourth-order valence-electron chi connectivity index (χ4n) is 3.13. The fourth-order valence-corrected chi connectivity index (χ4v) is 4.11. The molecule has 3 aromatic rings. The number of aromatic nitrogens is 4. The van der Waals surface area contributed by atoms with Crippen LogP contribution in [0.4, 0.5) is 5.95 Å². The number of para-hydroxylation sites is 1. The van der Waals surface area contributed by atoms with Crippen molar-refractivity contribution >= 4 is 16.0 Å². The van der Waals surface area contributed by atoms with E-state index in [9.17, 15) is 13.5 Å². The minimum absolute atomic E-state index is 0.113. The first-order valence-electron chi connectivity index (χ1n) is 9.94. The molecule has 2 atom stereocenters. The van der Waals surface area contributed by atoms with Crippen molar-refractivity contribution in [3.63, 3.8) is 0 Å². The highest BCUT2D eigenvalue weighted by Crippen LogP contribution is 2.37. The molecule has 0 fully saturated rings. The Kier molecular flexibility index (Phi) is 7.20. The minimum atomic E-state index is -4.10. The number of hydrogen-bond acceptors (Lipinski definition) is 8. The van der Waals surface area contributed by atoms with Crippen LogP contribution in [0, 0.1) is 18.8 Å². The standard InChI is InChI=1S/C22H25N5O5S/c1-6-8-17(28)15(3)33(29,30)26-22-25-24-21(16-11-14(2)12-23-13-16)27(22)20-18(31-4)9-7-10-19(20)32-5/h7,9-13,15,17,28H,1-5H3,(H,25,26)/t15-,17+/m0/s1. The van der Waals surface area contributed by atoms with Gasteiger partial charge >= 0.3 is 0 Å². The van der Waals surface area contributed by atoms with Crippen LogP contribution in [0.15, 0.2) is 36.7 Å². The average molecular weight is 472 g/mol. The van der Waals surface area contributed by atoms with Gasteiger partial charge in [-0.05, 0) is 44.5 Å². The number of aliphatic hydroxyl groups is 1. The highest BCUT2D eigenvalue weighted by atomic mass is 32.2. The topological polar surface area (TPSA) is 128 Å². The summed E-state index contributed by atoms with van der Waals surface area (Å²) in [6.07, 6.45) is 1.90. The molecule has 33 heavy (non-hydrogen) atoms. The van der Waals surface area contributed by atoms with Crippen LogP contribution in [0.2, 0.25) is 0 Å². The molecule has 0 spiro atoms. The van der Waals surface area contributed by atoms with E-state index in [2.05, 4.69) is 31.7 Å². The van der Waals surface area contributed by atoms with E-state index in [-0.39, 0.29) is 5.95 Å². The monoisotopic (exact) mass is 471 g/mol.